The molecule has 0 bridgehead atoms. The van der Waals surface area contributed by atoms with Crippen LogP contribution in [0.2, 0.25) is 0 Å². The highest BCUT2D eigenvalue weighted by atomic mass is 32.2. The zero-order valence-corrected chi connectivity index (χ0v) is 12.6. The quantitative estimate of drug-likeness (QED) is 0.467. The molecule has 0 aliphatic rings. The van der Waals surface area contributed by atoms with Gasteiger partial charge in [-0.15, -0.1) is 6.42 Å². The lowest BCUT2D eigenvalue weighted by Crippen LogP contribution is -2.23. The van der Waals surface area contributed by atoms with Crippen LogP contribution in [0.25, 0.3) is 0 Å². The highest BCUT2D eigenvalue weighted by Crippen LogP contribution is 2.23. The molecule has 21 heavy (non-hydrogen) atoms. The minimum Gasteiger partial charge on any atom is -0.369 e. The third-order valence-corrected chi connectivity index (χ3v) is 3.09. The normalized spacial score (nSPS) is 13.0. The Morgan fingerprint density at radius 3 is 2.90 bits per heavy atom. The van der Waals surface area contributed by atoms with Crippen molar-refractivity contribution in [3.8, 4) is 24.2 Å². The van der Waals surface area contributed by atoms with Crippen LogP contribution in [0.3, 0.4) is 0 Å². The van der Waals surface area contributed by atoms with Gasteiger partial charge in [-0.05, 0) is 19.4 Å². The Kier molecular flexibility index (Phi) is 7.49. The molecule has 0 aromatic carbocycles. The Bertz CT molecular complexity index is 602. The summed E-state index contributed by atoms with van der Waals surface area (Å²) in [5.74, 6) is 8.12. The standard InChI is InChI=1S/C15H17NO4S/c1-3-11-19-12-6-4-5-9-15(2,20-21(17)18)14-8-7-10-16-13-14/h1,7-8,10,13,21H,4,6,11-12H2,2H3. The molecular weight excluding hydrogens is 290 g/mol. The van der Waals surface area contributed by atoms with E-state index in [1.54, 1.807) is 25.3 Å². The molecule has 5 nitrogen and oxygen atoms in total. The second kappa shape index (κ2) is 9.15. The molecule has 6 heteroatoms. The molecule has 1 rings (SSSR count). The summed E-state index contributed by atoms with van der Waals surface area (Å²) >= 11 is 0. The van der Waals surface area contributed by atoms with Crippen LogP contribution < -0.4 is 0 Å². The van der Waals surface area contributed by atoms with Crippen molar-refractivity contribution in [2.75, 3.05) is 13.2 Å². The van der Waals surface area contributed by atoms with Crippen LogP contribution in [0.5, 0.6) is 0 Å². The van der Waals surface area contributed by atoms with E-state index in [1.165, 1.54) is 6.20 Å². The van der Waals surface area contributed by atoms with Crippen molar-refractivity contribution in [2.24, 2.45) is 0 Å². The van der Waals surface area contributed by atoms with E-state index in [4.69, 9.17) is 15.3 Å². The lowest BCUT2D eigenvalue weighted by Gasteiger charge is -2.20. The number of terminal acetylenes is 1. The number of aromatic nitrogens is 1. The van der Waals surface area contributed by atoms with Gasteiger partial charge in [0.25, 0.3) is 11.0 Å². The molecule has 112 valence electrons. The van der Waals surface area contributed by atoms with E-state index in [1.807, 2.05) is 0 Å². The molecule has 1 heterocycles. The van der Waals surface area contributed by atoms with Crippen LogP contribution >= 0.6 is 0 Å². The van der Waals surface area contributed by atoms with Gasteiger partial charge >= 0.3 is 0 Å². The largest absolute Gasteiger partial charge is 0.369 e. The van der Waals surface area contributed by atoms with Crippen LogP contribution in [0.15, 0.2) is 24.5 Å². The van der Waals surface area contributed by atoms with Gasteiger partial charge < -0.3 is 4.74 Å². The Hall–Kier alpha value is -1.86. The van der Waals surface area contributed by atoms with Crippen molar-refractivity contribution >= 4 is 11.0 Å². The Morgan fingerprint density at radius 1 is 1.48 bits per heavy atom. The van der Waals surface area contributed by atoms with E-state index >= 15 is 0 Å². The molecule has 0 spiro atoms. The summed E-state index contributed by atoms with van der Waals surface area (Å²) in [5, 5.41) is 0. The average Bonchev–Trinajstić information content (AvgIpc) is 2.46. The van der Waals surface area contributed by atoms with E-state index in [0.29, 0.717) is 25.0 Å². The Balaban J connectivity index is 2.70. The second-order valence-corrected chi connectivity index (χ2v) is 4.88. The smallest absolute Gasteiger partial charge is 0.258 e. The molecule has 1 aromatic heterocycles. The summed E-state index contributed by atoms with van der Waals surface area (Å²) in [6, 6.07) is 3.42. The third kappa shape index (κ3) is 6.42. The number of nitrogens with zero attached hydrogens (tertiary/aromatic N) is 1. The van der Waals surface area contributed by atoms with Crippen LogP contribution in [-0.2, 0) is 25.5 Å². The fourth-order valence-electron chi connectivity index (χ4n) is 1.57. The van der Waals surface area contributed by atoms with E-state index in [-0.39, 0.29) is 6.61 Å². The molecule has 0 radical (unpaired) electrons. The number of ether oxygens (including phenoxy) is 1. The predicted molar refractivity (Wildman–Crippen MR) is 79.7 cm³/mol. The van der Waals surface area contributed by atoms with Crippen molar-refractivity contribution in [3.63, 3.8) is 0 Å². The van der Waals surface area contributed by atoms with Crippen LogP contribution in [-0.4, -0.2) is 26.6 Å². The molecule has 0 amide bonds. The van der Waals surface area contributed by atoms with Gasteiger partial charge in [0.15, 0.2) is 5.60 Å². The first-order valence-corrected chi connectivity index (χ1v) is 7.43. The molecule has 0 aliphatic carbocycles. The van der Waals surface area contributed by atoms with Crippen molar-refractivity contribution in [2.45, 2.75) is 25.4 Å². The number of unbranched alkanes of at least 4 members (excludes halogenated alkanes) is 1. The zero-order valence-electron chi connectivity index (χ0n) is 11.7. The highest BCUT2D eigenvalue weighted by Gasteiger charge is 2.27. The molecule has 0 fully saturated rings. The van der Waals surface area contributed by atoms with Crippen molar-refractivity contribution in [1.82, 2.24) is 4.98 Å². The molecule has 0 saturated heterocycles. The van der Waals surface area contributed by atoms with Crippen LogP contribution in [0.1, 0.15) is 25.3 Å². The van der Waals surface area contributed by atoms with Crippen molar-refractivity contribution in [3.05, 3.63) is 30.1 Å². The number of pyridine rings is 1. The summed E-state index contributed by atoms with van der Waals surface area (Å²) < 4.78 is 31.8. The lowest BCUT2D eigenvalue weighted by molar-refractivity contribution is 0.164. The molecule has 0 aliphatic heterocycles. The second-order valence-electron chi connectivity index (χ2n) is 4.25. The first kappa shape index (κ1) is 17.2. The number of hydrogen-bond acceptors (Lipinski definition) is 5. The molecule has 1 aromatic rings. The van der Waals surface area contributed by atoms with Gasteiger partial charge in [0.1, 0.15) is 6.61 Å². The van der Waals surface area contributed by atoms with Gasteiger partial charge in [0, 0.05) is 31.0 Å². The molecular formula is C15H17NO4S. The van der Waals surface area contributed by atoms with Crippen LogP contribution in [0.4, 0.5) is 0 Å². The summed E-state index contributed by atoms with van der Waals surface area (Å²) in [4.78, 5) is 3.95. The van der Waals surface area contributed by atoms with Gasteiger partial charge in [-0.3, -0.25) is 4.98 Å². The number of thiol groups is 1. The van der Waals surface area contributed by atoms with Crippen molar-refractivity contribution < 1.29 is 17.3 Å². The van der Waals surface area contributed by atoms with E-state index in [9.17, 15) is 8.42 Å². The first-order chi connectivity index (χ1) is 10.1. The minimum atomic E-state index is -3.02. The summed E-state index contributed by atoms with van der Waals surface area (Å²) in [7, 11) is -3.02. The van der Waals surface area contributed by atoms with Gasteiger partial charge in [0.2, 0.25) is 0 Å². The third-order valence-electron chi connectivity index (χ3n) is 2.57. The Labute approximate surface area is 126 Å². The van der Waals surface area contributed by atoms with Gasteiger partial charge in [-0.1, -0.05) is 23.8 Å². The Morgan fingerprint density at radius 2 is 2.29 bits per heavy atom. The first-order valence-electron chi connectivity index (χ1n) is 6.34. The van der Waals surface area contributed by atoms with Gasteiger partial charge in [-0.25, -0.2) is 12.6 Å². The summed E-state index contributed by atoms with van der Waals surface area (Å²) in [6.45, 7) is 2.39. The average molecular weight is 307 g/mol. The van der Waals surface area contributed by atoms with E-state index in [2.05, 4.69) is 22.7 Å². The summed E-state index contributed by atoms with van der Waals surface area (Å²) in [6.07, 6.45) is 9.44. The maximum atomic E-state index is 10.9. The fourth-order valence-corrected chi connectivity index (χ4v) is 2.02. The molecule has 1 atom stereocenters. The topological polar surface area (TPSA) is 65.5 Å². The highest BCUT2D eigenvalue weighted by molar-refractivity contribution is 7.67. The fraction of sp³-hybridized carbons (Fsp3) is 0.400. The minimum absolute atomic E-state index is 0.278. The molecule has 0 N–H and O–H groups in total. The van der Waals surface area contributed by atoms with E-state index < -0.39 is 16.6 Å². The molecule has 1 unspecified atom stereocenters. The van der Waals surface area contributed by atoms with Gasteiger partial charge in [0.05, 0.1) is 0 Å². The monoisotopic (exact) mass is 307 g/mol. The predicted octanol–water partition coefficient (Wildman–Crippen LogP) is 1.27. The lowest BCUT2D eigenvalue weighted by atomic mass is 9.98. The van der Waals surface area contributed by atoms with E-state index in [0.717, 1.165) is 0 Å². The maximum absolute atomic E-state index is 10.9. The maximum Gasteiger partial charge on any atom is 0.258 e. The summed E-state index contributed by atoms with van der Waals surface area (Å²) in [5.41, 5.74) is -0.649. The van der Waals surface area contributed by atoms with Gasteiger partial charge in [-0.2, -0.15) is 0 Å². The molecule has 0 saturated carbocycles. The number of hydrogen-bond donors (Lipinski definition) is 1. The van der Waals surface area contributed by atoms with Crippen molar-refractivity contribution in [1.29, 1.82) is 0 Å². The zero-order chi connectivity index (χ0) is 15.6. The number of rotatable bonds is 7. The van der Waals surface area contributed by atoms with Crippen LogP contribution in [0, 0.1) is 24.2 Å². The SMILES string of the molecule is C#CCOCCCC#CC(C)(O[SH](=O)=O)c1cccnc1.